The van der Waals surface area contributed by atoms with E-state index in [4.69, 9.17) is 4.74 Å². The lowest BCUT2D eigenvalue weighted by Crippen LogP contribution is -2.09. The van der Waals surface area contributed by atoms with Crippen LogP contribution in [0.2, 0.25) is 0 Å². The van der Waals surface area contributed by atoms with Crippen LogP contribution in [0.1, 0.15) is 5.69 Å². The Balaban J connectivity index is 1.65. The van der Waals surface area contributed by atoms with E-state index in [-0.39, 0.29) is 5.56 Å². The Morgan fingerprint density at radius 2 is 1.76 bits per heavy atom. The number of aromatic amines is 1. The fourth-order valence-corrected chi connectivity index (χ4v) is 2.51. The fraction of sp³-hybridized carbons (Fsp3) is 0.0526. The maximum absolute atomic E-state index is 12.2. The standard InChI is InChI=1S/C19H14N4O2/c1-12-10-20-11-17(21-12)25-14-8-6-13(7-9-14)18-22-16-5-3-2-4-15(16)19(24)23-18/h2-11H,1H3,(H,22,23,24). The summed E-state index contributed by atoms with van der Waals surface area (Å²) >= 11 is 0. The predicted octanol–water partition coefficient (Wildman–Crippen LogP) is 3.48. The SMILES string of the molecule is Cc1cncc(Oc2ccc(-c3nc4ccccc4c(=O)[nH]3)cc2)n1. The van der Waals surface area contributed by atoms with E-state index < -0.39 is 0 Å². The van der Waals surface area contributed by atoms with Crippen LogP contribution in [-0.4, -0.2) is 19.9 Å². The Morgan fingerprint density at radius 3 is 2.56 bits per heavy atom. The Bertz CT molecular complexity index is 1100. The molecule has 0 atom stereocenters. The molecule has 2 aromatic carbocycles. The van der Waals surface area contributed by atoms with Crippen LogP contribution in [0.4, 0.5) is 0 Å². The van der Waals surface area contributed by atoms with Crippen molar-refractivity contribution in [2.24, 2.45) is 0 Å². The number of aromatic nitrogens is 4. The van der Waals surface area contributed by atoms with Crippen LogP contribution < -0.4 is 10.3 Å². The minimum atomic E-state index is -0.157. The number of rotatable bonds is 3. The maximum atomic E-state index is 12.2. The molecule has 0 bridgehead atoms. The van der Waals surface area contributed by atoms with Crippen LogP contribution in [0.15, 0.2) is 65.7 Å². The van der Waals surface area contributed by atoms with Crippen molar-refractivity contribution in [3.63, 3.8) is 0 Å². The van der Waals surface area contributed by atoms with Gasteiger partial charge in [-0.2, -0.15) is 0 Å². The molecule has 0 saturated carbocycles. The van der Waals surface area contributed by atoms with Crippen molar-refractivity contribution in [3.05, 3.63) is 77.0 Å². The first-order chi connectivity index (χ1) is 12.2. The van der Waals surface area contributed by atoms with Crippen molar-refractivity contribution < 1.29 is 4.74 Å². The van der Waals surface area contributed by atoms with Crippen LogP contribution in [0.3, 0.4) is 0 Å². The Hall–Kier alpha value is -3.54. The van der Waals surface area contributed by atoms with Gasteiger partial charge in [-0.1, -0.05) is 12.1 Å². The fourth-order valence-electron chi connectivity index (χ4n) is 2.51. The normalized spacial score (nSPS) is 10.8. The summed E-state index contributed by atoms with van der Waals surface area (Å²) in [5.41, 5.74) is 2.09. The van der Waals surface area contributed by atoms with E-state index in [0.29, 0.717) is 28.4 Å². The molecule has 1 N–H and O–H groups in total. The quantitative estimate of drug-likeness (QED) is 0.622. The second kappa shape index (κ2) is 6.16. The van der Waals surface area contributed by atoms with E-state index in [1.165, 1.54) is 0 Å². The lowest BCUT2D eigenvalue weighted by atomic mass is 10.2. The molecular formula is C19H14N4O2. The lowest BCUT2D eigenvalue weighted by molar-refractivity contribution is 0.459. The zero-order chi connectivity index (χ0) is 17.2. The van der Waals surface area contributed by atoms with Crippen LogP contribution >= 0.6 is 0 Å². The number of ether oxygens (including phenoxy) is 1. The predicted molar refractivity (Wildman–Crippen MR) is 94.6 cm³/mol. The first-order valence-electron chi connectivity index (χ1n) is 7.75. The Labute approximate surface area is 143 Å². The van der Waals surface area contributed by atoms with Crippen LogP contribution in [0.25, 0.3) is 22.3 Å². The highest BCUT2D eigenvalue weighted by Gasteiger charge is 2.06. The minimum absolute atomic E-state index is 0.157. The van der Waals surface area contributed by atoms with Crippen molar-refractivity contribution in [1.29, 1.82) is 0 Å². The second-order valence-corrected chi connectivity index (χ2v) is 5.56. The maximum Gasteiger partial charge on any atom is 0.259 e. The lowest BCUT2D eigenvalue weighted by Gasteiger charge is -2.06. The van der Waals surface area contributed by atoms with Crippen molar-refractivity contribution in [2.45, 2.75) is 6.92 Å². The van der Waals surface area contributed by atoms with Gasteiger partial charge in [0.2, 0.25) is 5.88 Å². The van der Waals surface area contributed by atoms with Crippen molar-refractivity contribution in [3.8, 4) is 23.0 Å². The van der Waals surface area contributed by atoms with E-state index in [0.717, 1.165) is 11.3 Å². The van der Waals surface area contributed by atoms with E-state index in [9.17, 15) is 4.79 Å². The monoisotopic (exact) mass is 330 g/mol. The van der Waals surface area contributed by atoms with Gasteiger partial charge in [0, 0.05) is 11.8 Å². The number of fused-ring (bicyclic) bond motifs is 1. The van der Waals surface area contributed by atoms with Gasteiger partial charge in [-0.05, 0) is 43.3 Å². The first kappa shape index (κ1) is 15.0. The summed E-state index contributed by atoms with van der Waals surface area (Å²) in [6.07, 6.45) is 3.22. The molecule has 4 rings (SSSR count). The molecule has 0 unspecified atom stereocenters. The van der Waals surface area contributed by atoms with Crippen LogP contribution in [-0.2, 0) is 0 Å². The number of nitrogens with zero attached hydrogens (tertiary/aromatic N) is 3. The third-order valence-corrected chi connectivity index (χ3v) is 3.70. The van der Waals surface area contributed by atoms with Crippen molar-refractivity contribution in [2.75, 3.05) is 0 Å². The highest BCUT2D eigenvalue weighted by Crippen LogP contribution is 2.23. The molecule has 0 aliphatic rings. The molecular weight excluding hydrogens is 316 g/mol. The highest BCUT2D eigenvalue weighted by molar-refractivity contribution is 5.79. The summed E-state index contributed by atoms with van der Waals surface area (Å²) in [7, 11) is 0. The van der Waals surface area contributed by atoms with Gasteiger partial charge < -0.3 is 9.72 Å². The van der Waals surface area contributed by atoms with Gasteiger partial charge >= 0.3 is 0 Å². The molecule has 0 aliphatic heterocycles. The van der Waals surface area contributed by atoms with Gasteiger partial charge in [0.1, 0.15) is 11.6 Å². The number of hydrogen-bond donors (Lipinski definition) is 1. The van der Waals surface area contributed by atoms with E-state index in [1.807, 2.05) is 37.3 Å². The molecule has 2 heterocycles. The van der Waals surface area contributed by atoms with Gasteiger partial charge in [0.05, 0.1) is 22.8 Å². The second-order valence-electron chi connectivity index (χ2n) is 5.56. The molecule has 25 heavy (non-hydrogen) atoms. The number of hydrogen-bond acceptors (Lipinski definition) is 5. The molecule has 0 amide bonds. The minimum Gasteiger partial charge on any atom is -0.437 e. The number of aryl methyl sites for hydroxylation is 1. The smallest absolute Gasteiger partial charge is 0.259 e. The molecule has 6 heteroatoms. The molecule has 6 nitrogen and oxygen atoms in total. The van der Waals surface area contributed by atoms with Gasteiger partial charge in [0.25, 0.3) is 5.56 Å². The third kappa shape index (κ3) is 3.10. The van der Waals surface area contributed by atoms with E-state index in [1.54, 1.807) is 30.6 Å². The average molecular weight is 330 g/mol. The summed E-state index contributed by atoms with van der Waals surface area (Å²) in [5.74, 6) is 1.59. The van der Waals surface area contributed by atoms with Gasteiger partial charge in [0.15, 0.2) is 0 Å². The molecule has 4 aromatic rings. The summed E-state index contributed by atoms with van der Waals surface area (Å²) in [5, 5.41) is 0.573. The van der Waals surface area contributed by atoms with Crippen LogP contribution in [0.5, 0.6) is 11.6 Å². The summed E-state index contributed by atoms with van der Waals surface area (Å²) < 4.78 is 5.68. The van der Waals surface area contributed by atoms with Crippen LogP contribution in [0, 0.1) is 6.92 Å². The topological polar surface area (TPSA) is 80.8 Å². The average Bonchev–Trinajstić information content (AvgIpc) is 2.62. The van der Waals surface area contributed by atoms with Gasteiger partial charge in [-0.3, -0.25) is 9.78 Å². The molecule has 0 spiro atoms. The molecule has 0 radical (unpaired) electrons. The molecule has 2 aromatic heterocycles. The van der Waals surface area contributed by atoms with Gasteiger partial charge in [-0.15, -0.1) is 0 Å². The van der Waals surface area contributed by atoms with Gasteiger partial charge in [-0.25, -0.2) is 9.97 Å². The third-order valence-electron chi connectivity index (χ3n) is 3.70. The zero-order valence-corrected chi connectivity index (χ0v) is 13.4. The largest absolute Gasteiger partial charge is 0.437 e. The Morgan fingerprint density at radius 1 is 0.960 bits per heavy atom. The van der Waals surface area contributed by atoms with E-state index in [2.05, 4.69) is 19.9 Å². The van der Waals surface area contributed by atoms with Crippen molar-refractivity contribution in [1.82, 2.24) is 19.9 Å². The summed E-state index contributed by atoms with van der Waals surface area (Å²) in [6.45, 7) is 1.85. The molecule has 0 fully saturated rings. The summed E-state index contributed by atoms with van der Waals surface area (Å²) in [4.78, 5) is 27.8. The number of para-hydroxylation sites is 1. The molecule has 0 saturated heterocycles. The van der Waals surface area contributed by atoms with Crippen molar-refractivity contribution >= 4 is 10.9 Å². The van der Waals surface area contributed by atoms with E-state index >= 15 is 0 Å². The molecule has 122 valence electrons. The first-order valence-corrected chi connectivity index (χ1v) is 7.75. The zero-order valence-electron chi connectivity index (χ0n) is 13.4. The molecule has 0 aliphatic carbocycles. The number of nitrogens with one attached hydrogen (secondary N) is 1. The number of benzene rings is 2. The highest BCUT2D eigenvalue weighted by atomic mass is 16.5. The Kier molecular flexibility index (Phi) is 3.70. The summed E-state index contributed by atoms with van der Waals surface area (Å²) in [6, 6.07) is 14.5. The number of H-pyrrole nitrogens is 1.